The summed E-state index contributed by atoms with van der Waals surface area (Å²) in [6.45, 7) is 4.74. The van der Waals surface area contributed by atoms with Crippen LogP contribution in [-0.2, 0) is 11.3 Å². The average molecular weight is 316 g/mol. The van der Waals surface area contributed by atoms with E-state index in [2.05, 4.69) is 29.3 Å². The first kappa shape index (κ1) is 16.5. The highest BCUT2D eigenvalue weighted by Gasteiger charge is 2.39. The molecule has 1 saturated heterocycles. The zero-order valence-electron chi connectivity index (χ0n) is 13.9. The summed E-state index contributed by atoms with van der Waals surface area (Å²) >= 11 is 0. The monoisotopic (exact) mass is 316 g/mol. The molecule has 4 heteroatoms. The average Bonchev–Trinajstić information content (AvgIpc) is 3.39. The van der Waals surface area contributed by atoms with Crippen molar-refractivity contribution in [2.75, 3.05) is 13.1 Å². The Bertz CT molecular complexity index is 515. The van der Waals surface area contributed by atoms with Gasteiger partial charge in [0, 0.05) is 31.7 Å². The number of carboxylic acids is 1. The van der Waals surface area contributed by atoms with Gasteiger partial charge in [-0.1, -0.05) is 37.3 Å². The van der Waals surface area contributed by atoms with Gasteiger partial charge in [0.25, 0.3) is 0 Å². The number of hydrogen-bond acceptors (Lipinski definition) is 3. The van der Waals surface area contributed by atoms with Crippen molar-refractivity contribution in [3.05, 3.63) is 35.9 Å². The number of hydrogen-bond donors (Lipinski definition) is 2. The molecule has 126 valence electrons. The Kier molecular flexibility index (Phi) is 5.34. The maximum atomic E-state index is 11.6. The van der Waals surface area contributed by atoms with Gasteiger partial charge in [-0.05, 0) is 37.2 Å². The zero-order chi connectivity index (χ0) is 16.2. The van der Waals surface area contributed by atoms with E-state index < -0.39 is 5.97 Å². The molecule has 0 amide bonds. The molecule has 4 nitrogen and oxygen atoms in total. The third-order valence-electron chi connectivity index (χ3n) is 5.32. The second-order valence-electron chi connectivity index (χ2n) is 7.10. The van der Waals surface area contributed by atoms with Gasteiger partial charge in [-0.15, -0.1) is 0 Å². The first-order valence-electron chi connectivity index (χ1n) is 8.91. The van der Waals surface area contributed by atoms with Crippen LogP contribution in [0.25, 0.3) is 0 Å². The lowest BCUT2D eigenvalue weighted by atomic mass is 9.91. The van der Waals surface area contributed by atoms with E-state index in [0.717, 1.165) is 31.8 Å². The number of aliphatic carboxylic acids is 1. The maximum absolute atomic E-state index is 11.6. The van der Waals surface area contributed by atoms with Crippen molar-refractivity contribution in [1.29, 1.82) is 0 Å². The molecule has 0 radical (unpaired) electrons. The zero-order valence-corrected chi connectivity index (χ0v) is 13.9. The molecule has 1 aliphatic carbocycles. The molecule has 0 aromatic heterocycles. The highest BCUT2D eigenvalue weighted by atomic mass is 16.4. The Balaban J connectivity index is 1.62. The standard InChI is InChI=1S/C19H28N2O2/c1-2-18(15-8-9-15)21-12-16(19(22)23)10-17(13-21)20-11-14-6-4-3-5-7-14/h3-7,15-18,20H,2,8-13H2,1H3,(H,22,23). The molecule has 2 N–H and O–H groups in total. The van der Waals surface area contributed by atoms with Crippen LogP contribution >= 0.6 is 0 Å². The van der Waals surface area contributed by atoms with Crippen LogP contribution in [0.5, 0.6) is 0 Å². The van der Waals surface area contributed by atoms with Gasteiger partial charge in [-0.2, -0.15) is 0 Å². The van der Waals surface area contributed by atoms with Gasteiger partial charge in [0.2, 0.25) is 0 Å². The number of carboxylic acid groups (broad SMARTS) is 1. The van der Waals surface area contributed by atoms with Gasteiger partial charge in [-0.3, -0.25) is 9.69 Å². The number of nitrogens with one attached hydrogen (secondary N) is 1. The fourth-order valence-electron chi connectivity index (χ4n) is 3.96. The second-order valence-corrected chi connectivity index (χ2v) is 7.10. The van der Waals surface area contributed by atoms with Gasteiger partial charge < -0.3 is 10.4 Å². The van der Waals surface area contributed by atoms with Crippen molar-refractivity contribution in [3.8, 4) is 0 Å². The lowest BCUT2D eigenvalue weighted by molar-refractivity contribution is -0.144. The predicted molar refractivity (Wildman–Crippen MR) is 91.2 cm³/mol. The van der Waals surface area contributed by atoms with E-state index in [1.807, 2.05) is 18.2 Å². The van der Waals surface area contributed by atoms with Crippen molar-refractivity contribution in [1.82, 2.24) is 10.2 Å². The Morgan fingerprint density at radius 2 is 2.04 bits per heavy atom. The fraction of sp³-hybridized carbons (Fsp3) is 0.632. The molecule has 3 atom stereocenters. The van der Waals surface area contributed by atoms with Crippen molar-refractivity contribution in [2.45, 2.75) is 51.2 Å². The Hall–Kier alpha value is -1.39. The van der Waals surface area contributed by atoms with E-state index in [9.17, 15) is 9.90 Å². The summed E-state index contributed by atoms with van der Waals surface area (Å²) in [6.07, 6.45) is 4.49. The van der Waals surface area contributed by atoms with E-state index in [1.54, 1.807) is 0 Å². The minimum Gasteiger partial charge on any atom is -0.481 e. The summed E-state index contributed by atoms with van der Waals surface area (Å²) in [7, 11) is 0. The Labute approximate surface area is 138 Å². The van der Waals surface area contributed by atoms with Crippen LogP contribution in [0.15, 0.2) is 30.3 Å². The van der Waals surface area contributed by atoms with Crippen LogP contribution in [0, 0.1) is 11.8 Å². The first-order valence-corrected chi connectivity index (χ1v) is 8.91. The number of piperidine rings is 1. The Morgan fingerprint density at radius 1 is 1.30 bits per heavy atom. The summed E-state index contributed by atoms with van der Waals surface area (Å²) in [6, 6.07) is 11.2. The molecular formula is C19H28N2O2. The summed E-state index contributed by atoms with van der Waals surface area (Å²) in [5.41, 5.74) is 1.26. The van der Waals surface area contributed by atoms with Crippen molar-refractivity contribution in [3.63, 3.8) is 0 Å². The molecular weight excluding hydrogens is 288 g/mol. The van der Waals surface area contributed by atoms with Gasteiger partial charge in [0.1, 0.15) is 0 Å². The fourth-order valence-corrected chi connectivity index (χ4v) is 3.96. The minimum absolute atomic E-state index is 0.246. The quantitative estimate of drug-likeness (QED) is 0.812. The molecule has 1 aliphatic heterocycles. The topological polar surface area (TPSA) is 52.6 Å². The summed E-state index contributed by atoms with van der Waals surface area (Å²) in [5, 5.41) is 13.1. The Morgan fingerprint density at radius 3 is 2.65 bits per heavy atom. The van der Waals surface area contributed by atoms with E-state index in [0.29, 0.717) is 12.6 Å². The van der Waals surface area contributed by atoms with Gasteiger partial charge in [0.05, 0.1) is 5.92 Å². The SMILES string of the molecule is CCC(C1CC1)N1CC(NCc2ccccc2)CC(C(=O)O)C1. The molecule has 1 aromatic carbocycles. The van der Waals surface area contributed by atoms with E-state index >= 15 is 0 Å². The molecule has 1 saturated carbocycles. The highest BCUT2D eigenvalue weighted by molar-refractivity contribution is 5.70. The minimum atomic E-state index is -0.646. The molecule has 0 spiro atoms. The number of carbonyl (C=O) groups is 1. The number of rotatable bonds is 7. The third-order valence-corrected chi connectivity index (χ3v) is 5.32. The number of likely N-dealkylation sites (tertiary alicyclic amines) is 1. The van der Waals surface area contributed by atoms with E-state index in [-0.39, 0.29) is 12.0 Å². The van der Waals surface area contributed by atoms with Gasteiger partial charge >= 0.3 is 5.97 Å². The van der Waals surface area contributed by atoms with E-state index in [1.165, 1.54) is 18.4 Å². The van der Waals surface area contributed by atoms with Gasteiger partial charge in [-0.25, -0.2) is 0 Å². The molecule has 2 fully saturated rings. The van der Waals surface area contributed by atoms with Gasteiger partial charge in [0.15, 0.2) is 0 Å². The smallest absolute Gasteiger partial charge is 0.307 e. The van der Waals surface area contributed by atoms with Crippen molar-refractivity contribution < 1.29 is 9.90 Å². The van der Waals surface area contributed by atoms with Crippen LogP contribution in [0.3, 0.4) is 0 Å². The molecule has 0 bridgehead atoms. The van der Waals surface area contributed by atoms with Crippen LogP contribution in [0.4, 0.5) is 0 Å². The maximum Gasteiger partial charge on any atom is 0.307 e. The number of nitrogens with zero attached hydrogens (tertiary/aromatic N) is 1. The normalized spacial score (nSPS) is 26.8. The molecule has 3 unspecified atom stereocenters. The molecule has 2 aliphatic rings. The van der Waals surface area contributed by atoms with Crippen molar-refractivity contribution in [2.24, 2.45) is 11.8 Å². The largest absolute Gasteiger partial charge is 0.481 e. The lowest BCUT2D eigenvalue weighted by Crippen LogP contribution is -2.54. The van der Waals surface area contributed by atoms with Crippen molar-refractivity contribution >= 4 is 5.97 Å². The van der Waals surface area contributed by atoms with Crippen LogP contribution in [0.2, 0.25) is 0 Å². The molecule has 1 aromatic rings. The summed E-state index contributed by atoms with van der Waals surface area (Å²) in [5.74, 6) is -0.0981. The molecule has 1 heterocycles. The highest BCUT2D eigenvalue weighted by Crippen LogP contribution is 2.38. The third kappa shape index (κ3) is 4.33. The van der Waals surface area contributed by atoms with E-state index in [4.69, 9.17) is 0 Å². The number of benzene rings is 1. The van der Waals surface area contributed by atoms with Crippen LogP contribution in [-0.4, -0.2) is 41.1 Å². The van der Waals surface area contributed by atoms with Crippen LogP contribution < -0.4 is 5.32 Å². The first-order chi connectivity index (χ1) is 11.2. The molecule has 23 heavy (non-hydrogen) atoms. The molecule has 3 rings (SSSR count). The summed E-state index contributed by atoms with van der Waals surface area (Å²) < 4.78 is 0. The van der Waals surface area contributed by atoms with Crippen LogP contribution in [0.1, 0.15) is 38.2 Å². The summed E-state index contributed by atoms with van der Waals surface area (Å²) in [4.78, 5) is 14.0. The second kappa shape index (κ2) is 7.45. The lowest BCUT2D eigenvalue weighted by Gasteiger charge is -2.41. The predicted octanol–water partition coefficient (Wildman–Crippen LogP) is 2.74.